The first-order chi connectivity index (χ1) is 10.1. The second-order valence-electron chi connectivity index (χ2n) is 4.73. The highest BCUT2D eigenvalue weighted by Crippen LogP contribution is 2.10. The molecule has 114 valence electrons. The predicted octanol–water partition coefficient (Wildman–Crippen LogP) is 0.971. The molecule has 21 heavy (non-hydrogen) atoms. The Labute approximate surface area is 125 Å². The number of rotatable bonds is 8. The minimum Gasteiger partial charge on any atom is -0.337 e. The molecule has 0 atom stereocenters. The van der Waals surface area contributed by atoms with Gasteiger partial charge in [0.2, 0.25) is 10.0 Å². The van der Waals surface area contributed by atoms with Crippen LogP contribution in [0.2, 0.25) is 0 Å². The predicted molar refractivity (Wildman–Crippen MR) is 81.2 cm³/mol. The van der Waals surface area contributed by atoms with Crippen molar-refractivity contribution < 1.29 is 8.42 Å². The maximum absolute atomic E-state index is 12.1. The van der Waals surface area contributed by atoms with E-state index in [4.69, 9.17) is 0 Å². The van der Waals surface area contributed by atoms with Gasteiger partial charge >= 0.3 is 0 Å². The van der Waals surface area contributed by atoms with Gasteiger partial charge in [0.15, 0.2) is 0 Å². The van der Waals surface area contributed by atoms with Gasteiger partial charge in [0.25, 0.3) is 0 Å². The molecular weight excluding hydrogens is 288 g/mol. The summed E-state index contributed by atoms with van der Waals surface area (Å²) < 4.78 is 28.8. The van der Waals surface area contributed by atoms with E-state index in [-0.39, 0.29) is 0 Å². The molecule has 0 saturated heterocycles. The molecule has 1 heterocycles. The summed E-state index contributed by atoms with van der Waals surface area (Å²) in [5.74, 6) is 0. The molecule has 0 amide bonds. The van der Waals surface area contributed by atoms with Crippen LogP contribution in [0.4, 0.5) is 0 Å². The highest BCUT2D eigenvalue weighted by molar-refractivity contribution is 7.89. The van der Waals surface area contributed by atoms with Gasteiger partial charge in [-0.05, 0) is 31.2 Å². The molecule has 0 fully saturated rings. The zero-order chi connectivity index (χ0) is 15.1. The van der Waals surface area contributed by atoms with E-state index < -0.39 is 10.0 Å². The summed E-state index contributed by atoms with van der Waals surface area (Å²) in [6.07, 6.45) is 5.99. The fourth-order valence-corrected chi connectivity index (χ4v) is 3.04. The van der Waals surface area contributed by atoms with E-state index in [0.717, 1.165) is 18.7 Å². The number of aryl methyl sites for hydroxylation is 1. The number of aromatic nitrogens is 2. The zero-order valence-corrected chi connectivity index (χ0v) is 12.8. The number of nitrogens with one attached hydrogen (secondary N) is 2. The quantitative estimate of drug-likeness (QED) is 0.713. The molecule has 0 spiro atoms. The van der Waals surface area contributed by atoms with E-state index in [1.54, 1.807) is 24.7 Å². The Morgan fingerprint density at radius 2 is 2.00 bits per heavy atom. The van der Waals surface area contributed by atoms with Crippen molar-refractivity contribution in [2.24, 2.45) is 0 Å². The van der Waals surface area contributed by atoms with Crippen LogP contribution in [0.15, 0.2) is 47.9 Å². The van der Waals surface area contributed by atoms with Crippen molar-refractivity contribution in [2.45, 2.75) is 24.4 Å². The number of benzene rings is 1. The Hall–Kier alpha value is -1.70. The first-order valence-corrected chi connectivity index (χ1v) is 8.29. The molecule has 0 aliphatic rings. The van der Waals surface area contributed by atoms with Crippen molar-refractivity contribution in [1.82, 2.24) is 19.6 Å². The fourth-order valence-electron chi connectivity index (χ4n) is 1.96. The van der Waals surface area contributed by atoms with Crippen molar-refractivity contribution in [1.29, 1.82) is 0 Å². The minimum atomic E-state index is -3.43. The maximum atomic E-state index is 12.1. The first kappa shape index (κ1) is 15.7. The van der Waals surface area contributed by atoms with Crippen molar-refractivity contribution in [3.05, 3.63) is 48.5 Å². The lowest BCUT2D eigenvalue weighted by molar-refractivity contribution is 0.570. The van der Waals surface area contributed by atoms with Crippen LogP contribution in [-0.2, 0) is 23.1 Å². The van der Waals surface area contributed by atoms with E-state index in [2.05, 4.69) is 15.0 Å². The summed E-state index contributed by atoms with van der Waals surface area (Å²) >= 11 is 0. The van der Waals surface area contributed by atoms with Crippen molar-refractivity contribution in [3.8, 4) is 0 Å². The second kappa shape index (κ2) is 7.35. The van der Waals surface area contributed by atoms with E-state index in [1.165, 1.54) is 0 Å². The van der Waals surface area contributed by atoms with Crippen LogP contribution in [0.25, 0.3) is 0 Å². The third kappa shape index (κ3) is 4.66. The highest BCUT2D eigenvalue weighted by atomic mass is 32.2. The van der Waals surface area contributed by atoms with Gasteiger partial charge in [-0.25, -0.2) is 18.1 Å². The Morgan fingerprint density at radius 1 is 1.24 bits per heavy atom. The van der Waals surface area contributed by atoms with Crippen LogP contribution in [-0.4, -0.2) is 31.6 Å². The first-order valence-electron chi connectivity index (χ1n) is 6.81. The number of sulfonamides is 1. The Bertz CT molecular complexity index is 636. The summed E-state index contributed by atoms with van der Waals surface area (Å²) in [6, 6.07) is 6.89. The van der Waals surface area contributed by atoms with Gasteiger partial charge in [0.05, 0.1) is 11.2 Å². The molecule has 0 bridgehead atoms. The molecule has 0 aliphatic carbocycles. The molecule has 0 saturated carbocycles. The lowest BCUT2D eigenvalue weighted by atomic mass is 10.2. The molecule has 0 radical (unpaired) electrons. The third-order valence-electron chi connectivity index (χ3n) is 3.06. The topological polar surface area (TPSA) is 76.0 Å². The normalized spacial score (nSPS) is 11.7. The highest BCUT2D eigenvalue weighted by Gasteiger charge is 2.12. The molecule has 0 aliphatic heterocycles. The van der Waals surface area contributed by atoms with Gasteiger partial charge in [0.1, 0.15) is 0 Å². The summed E-state index contributed by atoms with van der Waals surface area (Å²) in [4.78, 5) is 4.24. The van der Waals surface area contributed by atoms with Gasteiger partial charge in [-0.2, -0.15) is 0 Å². The molecule has 1 aromatic heterocycles. The molecular formula is C14H20N4O2S. The monoisotopic (exact) mass is 308 g/mol. The Balaban J connectivity index is 1.85. The Kier molecular flexibility index (Phi) is 5.49. The van der Waals surface area contributed by atoms with Crippen LogP contribution < -0.4 is 10.0 Å². The van der Waals surface area contributed by atoms with Gasteiger partial charge in [0, 0.05) is 32.0 Å². The van der Waals surface area contributed by atoms with E-state index >= 15 is 0 Å². The van der Waals surface area contributed by atoms with Gasteiger partial charge in [-0.15, -0.1) is 0 Å². The number of hydrogen-bond acceptors (Lipinski definition) is 4. The SMILES string of the molecule is CNCc1ccc(S(=O)(=O)NCCCn2ccnc2)cc1. The summed E-state index contributed by atoms with van der Waals surface area (Å²) in [7, 11) is -1.57. The average Bonchev–Trinajstić information content (AvgIpc) is 2.98. The molecule has 6 nitrogen and oxygen atoms in total. The lowest BCUT2D eigenvalue weighted by Crippen LogP contribution is -2.25. The van der Waals surface area contributed by atoms with Crippen LogP contribution in [0.3, 0.4) is 0 Å². The van der Waals surface area contributed by atoms with Crippen LogP contribution in [0.1, 0.15) is 12.0 Å². The van der Waals surface area contributed by atoms with Gasteiger partial charge in [-0.3, -0.25) is 0 Å². The van der Waals surface area contributed by atoms with Crippen molar-refractivity contribution in [3.63, 3.8) is 0 Å². The number of imidazole rings is 1. The standard InChI is InChI=1S/C14H20N4O2S/c1-15-11-13-3-5-14(6-4-13)21(19,20)17-7-2-9-18-10-8-16-12-18/h3-6,8,10,12,15,17H,2,7,9,11H2,1H3. The second-order valence-corrected chi connectivity index (χ2v) is 6.49. The van der Waals surface area contributed by atoms with Gasteiger partial charge in [-0.1, -0.05) is 12.1 Å². The van der Waals surface area contributed by atoms with E-state index in [9.17, 15) is 8.42 Å². The molecule has 2 rings (SSSR count). The fraction of sp³-hybridized carbons (Fsp3) is 0.357. The van der Waals surface area contributed by atoms with E-state index in [0.29, 0.717) is 17.9 Å². The smallest absolute Gasteiger partial charge is 0.240 e. The number of hydrogen-bond donors (Lipinski definition) is 2. The third-order valence-corrected chi connectivity index (χ3v) is 4.54. The minimum absolute atomic E-state index is 0.296. The molecule has 7 heteroatoms. The van der Waals surface area contributed by atoms with Crippen LogP contribution in [0.5, 0.6) is 0 Å². The van der Waals surface area contributed by atoms with Crippen LogP contribution >= 0.6 is 0 Å². The summed E-state index contributed by atoms with van der Waals surface area (Å²) in [5.41, 5.74) is 1.05. The Morgan fingerprint density at radius 3 is 2.62 bits per heavy atom. The maximum Gasteiger partial charge on any atom is 0.240 e. The number of nitrogens with zero attached hydrogens (tertiary/aromatic N) is 2. The summed E-state index contributed by atoms with van der Waals surface area (Å²) in [5, 5.41) is 3.02. The zero-order valence-electron chi connectivity index (χ0n) is 12.0. The van der Waals surface area contributed by atoms with Crippen molar-refractivity contribution in [2.75, 3.05) is 13.6 Å². The van der Waals surface area contributed by atoms with Gasteiger partial charge < -0.3 is 9.88 Å². The lowest BCUT2D eigenvalue weighted by Gasteiger charge is -2.08. The molecule has 2 N–H and O–H groups in total. The van der Waals surface area contributed by atoms with Crippen LogP contribution in [0, 0.1) is 0 Å². The average molecular weight is 308 g/mol. The molecule has 1 aromatic carbocycles. The molecule has 2 aromatic rings. The van der Waals surface area contributed by atoms with E-state index in [1.807, 2.05) is 29.9 Å². The summed E-state index contributed by atoms with van der Waals surface area (Å²) in [6.45, 7) is 1.86. The van der Waals surface area contributed by atoms with Crippen molar-refractivity contribution >= 4 is 10.0 Å². The largest absolute Gasteiger partial charge is 0.337 e. The molecule has 0 unspecified atom stereocenters.